The molecule has 0 bridgehead atoms. The van der Waals surface area contributed by atoms with Gasteiger partial charge in [-0.1, -0.05) is 12.1 Å². The van der Waals surface area contributed by atoms with Gasteiger partial charge < -0.3 is 20.1 Å². The number of aryl methyl sites for hydroxylation is 1. The molecule has 0 saturated carbocycles. The van der Waals surface area contributed by atoms with Gasteiger partial charge in [0.25, 0.3) is 0 Å². The lowest BCUT2D eigenvalue weighted by Gasteiger charge is -2.08. The number of ether oxygens (including phenoxy) is 1. The first-order valence-electron chi connectivity index (χ1n) is 8.63. The first kappa shape index (κ1) is 20.1. The maximum atomic E-state index is 12.6. The molecule has 0 aliphatic heterocycles. The van der Waals surface area contributed by atoms with E-state index in [2.05, 4.69) is 15.3 Å². The Morgan fingerprint density at radius 2 is 2.07 bits per heavy atom. The molecular weight excluding hydrogens is 392 g/mol. The maximum absolute atomic E-state index is 12.6. The Labute approximate surface area is 170 Å². The fraction of sp³-hybridized carbons (Fsp3) is 0.200. The minimum absolute atomic E-state index is 0.116. The van der Waals surface area contributed by atoms with Crippen LogP contribution in [0, 0.1) is 25.2 Å². The molecule has 3 aromatic rings. The number of allylic oxidation sites excluding steroid dienone is 1. The predicted molar refractivity (Wildman–Crippen MR) is 110 cm³/mol. The largest absolute Gasteiger partial charge is 0.507 e. The van der Waals surface area contributed by atoms with Gasteiger partial charge in [-0.25, -0.2) is 9.78 Å². The molecule has 0 aliphatic carbocycles. The summed E-state index contributed by atoms with van der Waals surface area (Å²) in [4.78, 5) is 32.0. The van der Waals surface area contributed by atoms with Crippen molar-refractivity contribution in [3.63, 3.8) is 0 Å². The molecule has 8 nitrogen and oxygen atoms in total. The fourth-order valence-electron chi connectivity index (χ4n) is 2.72. The number of nitrogens with one attached hydrogen (secondary N) is 2. The summed E-state index contributed by atoms with van der Waals surface area (Å²) in [6.45, 7) is 4.42. The number of rotatable bonds is 5. The van der Waals surface area contributed by atoms with E-state index in [1.54, 1.807) is 19.1 Å². The normalized spacial score (nSPS) is 11.7. The molecule has 0 unspecified atom stereocenters. The molecule has 9 heteroatoms. The van der Waals surface area contributed by atoms with Gasteiger partial charge in [0.2, 0.25) is 5.91 Å². The number of thiophene rings is 1. The average molecular weight is 410 g/mol. The van der Waals surface area contributed by atoms with Crippen molar-refractivity contribution in [3.8, 4) is 6.07 Å². The Balaban J connectivity index is 1.83. The summed E-state index contributed by atoms with van der Waals surface area (Å²) in [5.41, 5.74) is 2.16. The Morgan fingerprint density at radius 1 is 1.34 bits per heavy atom. The van der Waals surface area contributed by atoms with E-state index in [1.165, 1.54) is 18.3 Å². The molecule has 29 heavy (non-hydrogen) atoms. The summed E-state index contributed by atoms with van der Waals surface area (Å²) in [6.07, 6.45) is 0. The van der Waals surface area contributed by atoms with Crippen LogP contribution < -0.4 is 5.32 Å². The average Bonchev–Trinajstić information content (AvgIpc) is 3.21. The highest BCUT2D eigenvalue weighted by atomic mass is 32.1. The number of aromatic nitrogens is 2. The van der Waals surface area contributed by atoms with Crippen LogP contribution in [-0.2, 0) is 9.53 Å². The summed E-state index contributed by atoms with van der Waals surface area (Å²) in [5.74, 6) is -1.25. The third-order valence-corrected chi connectivity index (χ3v) is 5.37. The number of amides is 1. The third-order valence-electron chi connectivity index (χ3n) is 4.25. The van der Waals surface area contributed by atoms with Crippen LogP contribution in [0.5, 0.6) is 0 Å². The Morgan fingerprint density at radius 3 is 2.72 bits per heavy atom. The number of aliphatic hydroxyl groups excluding tert-OH is 1. The molecule has 0 atom stereocenters. The zero-order valence-corrected chi connectivity index (χ0v) is 16.8. The topological polar surface area (TPSA) is 128 Å². The van der Waals surface area contributed by atoms with E-state index in [9.17, 15) is 20.0 Å². The number of H-pyrrole nitrogens is 1. The molecule has 1 amide bonds. The SMILES string of the molecule is CC(=O)Nc1sc(C)c(C)c1C(=O)OCC(O)=C(C#N)c1nc2ccccc2[nH]1. The number of nitriles is 1. The molecule has 0 saturated heterocycles. The summed E-state index contributed by atoms with van der Waals surface area (Å²) < 4.78 is 5.20. The standard InChI is InChI=1S/C20H18N4O4S/c1-10-11(2)29-19(22-12(3)25)17(10)20(27)28-9-16(26)13(8-21)18-23-14-6-4-5-7-15(14)24-18/h4-7,26H,9H2,1-3H3,(H,22,25)(H,23,24). The summed E-state index contributed by atoms with van der Waals surface area (Å²) in [7, 11) is 0. The lowest BCUT2D eigenvalue weighted by atomic mass is 10.1. The Kier molecular flexibility index (Phi) is 5.66. The summed E-state index contributed by atoms with van der Waals surface area (Å²) >= 11 is 1.27. The molecule has 0 spiro atoms. The molecule has 1 aromatic carbocycles. The monoisotopic (exact) mass is 410 g/mol. The molecule has 2 aromatic heterocycles. The van der Waals surface area contributed by atoms with Gasteiger partial charge in [0, 0.05) is 11.8 Å². The van der Waals surface area contributed by atoms with Gasteiger partial charge >= 0.3 is 5.97 Å². The van der Waals surface area contributed by atoms with Crippen LogP contribution in [-0.4, -0.2) is 33.6 Å². The molecule has 3 rings (SSSR count). The van der Waals surface area contributed by atoms with Crippen molar-refractivity contribution < 1.29 is 19.4 Å². The minimum atomic E-state index is -0.705. The quantitative estimate of drug-likeness (QED) is 0.333. The highest BCUT2D eigenvalue weighted by Gasteiger charge is 2.23. The number of nitrogens with zero attached hydrogens (tertiary/aromatic N) is 2. The number of fused-ring (bicyclic) bond motifs is 1. The van der Waals surface area contributed by atoms with Crippen LogP contribution in [0.2, 0.25) is 0 Å². The highest BCUT2D eigenvalue weighted by Crippen LogP contribution is 2.33. The smallest absolute Gasteiger partial charge is 0.341 e. The second-order valence-corrected chi connectivity index (χ2v) is 7.51. The lowest BCUT2D eigenvalue weighted by molar-refractivity contribution is -0.114. The molecule has 3 N–H and O–H groups in total. The number of benzene rings is 1. The van der Waals surface area contributed by atoms with Gasteiger partial charge in [0.1, 0.15) is 23.3 Å². The first-order chi connectivity index (χ1) is 13.8. The van der Waals surface area contributed by atoms with Crippen LogP contribution in [0.3, 0.4) is 0 Å². The number of anilines is 1. The van der Waals surface area contributed by atoms with Crippen molar-refractivity contribution in [2.75, 3.05) is 11.9 Å². The van der Waals surface area contributed by atoms with Crippen LogP contribution >= 0.6 is 11.3 Å². The second-order valence-electron chi connectivity index (χ2n) is 6.28. The first-order valence-corrected chi connectivity index (χ1v) is 9.45. The molecule has 0 radical (unpaired) electrons. The van der Waals surface area contributed by atoms with Crippen LogP contribution in [0.1, 0.15) is 33.5 Å². The Bertz CT molecular complexity index is 1150. The van der Waals surface area contributed by atoms with E-state index in [1.807, 2.05) is 25.1 Å². The number of para-hydroxylation sites is 2. The van der Waals surface area contributed by atoms with Crippen molar-refractivity contribution in [1.82, 2.24) is 9.97 Å². The molecular formula is C20H18N4O4S. The van der Waals surface area contributed by atoms with Crippen molar-refractivity contribution in [2.24, 2.45) is 0 Å². The molecule has 0 fully saturated rings. The number of carbonyl (C=O) groups excluding carboxylic acids is 2. The van der Waals surface area contributed by atoms with Crippen molar-refractivity contribution >= 4 is 44.8 Å². The van der Waals surface area contributed by atoms with Gasteiger partial charge in [0.05, 0.1) is 16.6 Å². The zero-order chi connectivity index (χ0) is 21.1. The van der Waals surface area contributed by atoms with Crippen LogP contribution in [0.15, 0.2) is 30.0 Å². The van der Waals surface area contributed by atoms with Gasteiger partial charge in [-0.3, -0.25) is 4.79 Å². The summed E-state index contributed by atoms with van der Waals surface area (Å²) in [5, 5.41) is 22.8. The minimum Gasteiger partial charge on any atom is -0.507 e. The molecule has 2 heterocycles. The number of hydrogen-bond acceptors (Lipinski definition) is 7. The van der Waals surface area contributed by atoms with Crippen molar-refractivity contribution in [1.29, 1.82) is 5.26 Å². The zero-order valence-electron chi connectivity index (χ0n) is 16.0. The lowest BCUT2D eigenvalue weighted by Crippen LogP contribution is -2.13. The maximum Gasteiger partial charge on any atom is 0.341 e. The highest BCUT2D eigenvalue weighted by molar-refractivity contribution is 7.16. The molecule has 0 aliphatic rings. The van der Waals surface area contributed by atoms with E-state index in [0.29, 0.717) is 21.6 Å². The van der Waals surface area contributed by atoms with E-state index >= 15 is 0 Å². The van der Waals surface area contributed by atoms with E-state index in [4.69, 9.17) is 4.74 Å². The van der Waals surface area contributed by atoms with Crippen molar-refractivity contribution in [3.05, 3.63) is 51.9 Å². The van der Waals surface area contributed by atoms with Crippen molar-refractivity contribution in [2.45, 2.75) is 20.8 Å². The number of aromatic amines is 1. The van der Waals surface area contributed by atoms with Crippen LogP contribution in [0.4, 0.5) is 5.00 Å². The second kappa shape index (κ2) is 8.16. The third kappa shape index (κ3) is 4.12. The van der Waals surface area contributed by atoms with Gasteiger partial charge in [0.15, 0.2) is 11.6 Å². The number of hydrogen-bond donors (Lipinski definition) is 3. The van der Waals surface area contributed by atoms with Gasteiger partial charge in [-0.05, 0) is 31.5 Å². The predicted octanol–water partition coefficient (Wildman–Crippen LogP) is 3.85. The number of carbonyl (C=O) groups is 2. The van der Waals surface area contributed by atoms with E-state index < -0.39 is 18.3 Å². The number of aliphatic hydroxyl groups is 1. The van der Waals surface area contributed by atoms with Crippen LogP contribution in [0.25, 0.3) is 16.6 Å². The number of imidazole rings is 1. The number of esters is 1. The Hall–Kier alpha value is -3.64. The molecule has 148 valence electrons. The van der Waals surface area contributed by atoms with E-state index in [-0.39, 0.29) is 22.9 Å². The van der Waals surface area contributed by atoms with E-state index in [0.717, 1.165) is 4.88 Å². The van der Waals surface area contributed by atoms with Gasteiger partial charge in [-0.15, -0.1) is 11.3 Å². The van der Waals surface area contributed by atoms with Gasteiger partial charge in [-0.2, -0.15) is 5.26 Å². The summed E-state index contributed by atoms with van der Waals surface area (Å²) in [6, 6.07) is 9.08. The fourth-order valence-corrected chi connectivity index (χ4v) is 3.82.